The van der Waals surface area contributed by atoms with Crippen molar-refractivity contribution >= 4 is 17.1 Å². The van der Waals surface area contributed by atoms with Crippen molar-refractivity contribution in [3.8, 4) is 5.75 Å². The summed E-state index contributed by atoms with van der Waals surface area (Å²) in [6, 6.07) is 12.9. The molecule has 6 heteroatoms. The minimum atomic E-state index is -0.119. The van der Waals surface area contributed by atoms with E-state index in [1.165, 1.54) is 0 Å². The molecule has 1 aromatic carbocycles. The summed E-state index contributed by atoms with van der Waals surface area (Å²) in [7, 11) is 0. The molecule has 3 aromatic rings. The number of amides is 1. The van der Waals surface area contributed by atoms with Crippen LogP contribution in [-0.2, 0) is 11.3 Å². The highest BCUT2D eigenvalue weighted by Crippen LogP contribution is 2.12. The van der Waals surface area contributed by atoms with E-state index in [-0.39, 0.29) is 18.9 Å². The van der Waals surface area contributed by atoms with Gasteiger partial charge in [-0.2, -0.15) is 4.98 Å². The van der Waals surface area contributed by atoms with Crippen molar-refractivity contribution in [2.75, 3.05) is 6.61 Å². The topological polar surface area (TPSA) is 77.2 Å². The van der Waals surface area contributed by atoms with E-state index in [9.17, 15) is 4.79 Å². The number of nitrogens with zero attached hydrogens (tertiary/aromatic N) is 2. The van der Waals surface area contributed by atoms with Crippen molar-refractivity contribution in [3.63, 3.8) is 0 Å². The van der Waals surface area contributed by atoms with Crippen molar-refractivity contribution in [1.82, 2.24) is 15.3 Å². The van der Waals surface area contributed by atoms with Crippen LogP contribution in [0.1, 0.15) is 12.3 Å². The van der Waals surface area contributed by atoms with E-state index in [0.717, 1.165) is 5.75 Å². The molecule has 0 unspecified atom stereocenters. The zero-order chi connectivity index (χ0) is 15.2. The third-order valence-corrected chi connectivity index (χ3v) is 2.99. The summed E-state index contributed by atoms with van der Waals surface area (Å²) in [6.45, 7) is 0.561. The summed E-state index contributed by atoms with van der Waals surface area (Å²) in [5.41, 5.74) is 1.15. The smallest absolute Gasteiger partial charge is 0.223 e. The van der Waals surface area contributed by atoms with Gasteiger partial charge in [0.2, 0.25) is 11.8 Å². The van der Waals surface area contributed by atoms with Crippen LogP contribution in [0, 0.1) is 0 Å². The number of hydrogen-bond donors (Lipinski definition) is 1. The monoisotopic (exact) mass is 297 g/mol. The lowest BCUT2D eigenvalue weighted by Crippen LogP contribution is -2.24. The largest absolute Gasteiger partial charge is 0.493 e. The second kappa shape index (κ2) is 6.71. The van der Waals surface area contributed by atoms with Crippen LogP contribution in [0.4, 0.5) is 0 Å². The molecule has 6 nitrogen and oxygen atoms in total. The van der Waals surface area contributed by atoms with Crippen LogP contribution in [-0.4, -0.2) is 22.5 Å². The fourth-order valence-electron chi connectivity index (χ4n) is 1.93. The molecule has 112 valence electrons. The van der Waals surface area contributed by atoms with E-state index in [1.807, 2.05) is 30.3 Å². The Bertz CT molecular complexity index is 722. The third kappa shape index (κ3) is 3.60. The van der Waals surface area contributed by atoms with Gasteiger partial charge in [0.15, 0.2) is 11.2 Å². The first-order valence-electron chi connectivity index (χ1n) is 6.96. The van der Waals surface area contributed by atoms with Gasteiger partial charge < -0.3 is 14.5 Å². The molecule has 0 aliphatic carbocycles. The van der Waals surface area contributed by atoms with Gasteiger partial charge in [0.25, 0.3) is 0 Å². The normalized spacial score (nSPS) is 10.5. The fraction of sp³-hybridized carbons (Fsp3) is 0.188. The third-order valence-electron chi connectivity index (χ3n) is 2.99. The molecule has 0 aliphatic rings. The van der Waals surface area contributed by atoms with Crippen LogP contribution in [0.25, 0.3) is 11.2 Å². The molecule has 1 amide bonds. The number of hydrogen-bond acceptors (Lipinski definition) is 5. The standard InChI is InChI=1S/C16H15N3O3/c20-14(8-10-21-12-5-2-1-3-6-12)18-11-15-19-16-13(22-15)7-4-9-17-16/h1-7,9H,8,10-11H2,(H,18,20). The minimum absolute atomic E-state index is 0.119. The fourth-order valence-corrected chi connectivity index (χ4v) is 1.93. The van der Waals surface area contributed by atoms with Crippen molar-refractivity contribution in [3.05, 3.63) is 54.6 Å². The van der Waals surface area contributed by atoms with Crippen molar-refractivity contribution < 1.29 is 13.9 Å². The van der Waals surface area contributed by atoms with E-state index in [1.54, 1.807) is 18.3 Å². The number of rotatable bonds is 6. The number of fused-ring (bicyclic) bond motifs is 1. The molecular formula is C16H15N3O3. The lowest BCUT2D eigenvalue weighted by atomic mass is 10.3. The highest BCUT2D eigenvalue weighted by Gasteiger charge is 2.08. The molecule has 0 spiro atoms. The van der Waals surface area contributed by atoms with Crippen molar-refractivity contribution in [1.29, 1.82) is 0 Å². The maximum atomic E-state index is 11.7. The SMILES string of the molecule is O=C(CCOc1ccccc1)NCc1nc2ncccc2o1. The molecule has 0 bridgehead atoms. The van der Waals surface area contributed by atoms with Crippen LogP contribution in [0.15, 0.2) is 53.1 Å². The van der Waals surface area contributed by atoms with Crippen LogP contribution in [0.3, 0.4) is 0 Å². The van der Waals surface area contributed by atoms with Gasteiger partial charge in [0.1, 0.15) is 5.75 Å². The summed E-state index contributed by atoms with van der Waals surface area (Å²) in [5, 5.41) is 2.74. The quantitative estimate of drug-likeness (QED) is 0.755. The molecule has 0 saturated heterocycles. The summed E-state index contributed by atoms with van der Waals surface area (Å²) >= 11 is 0. The number of benzene rings is 1. The second-order valence-electron chi connectivity index (χ2n) is 4.62. The zero-order valence-electron chi connectivity index (χ0n) is 11.9. The van der Waals surface area contributed by atoms with Crippen LogP contribution >= 0.6 is 0 Å². The van der Waals surface area contributed by atoms with Gasteiger partial charge in [0, 0.05) is 6.20 Å². The maximum Gasteiger partial charge on any atom is 0.223 e. The predicted octanol–water partition coefficient (Wildman–Crippen LogP) is 2.31. The van der Waals surface area contributed by atoms with Gasteiger partial charge in [-0.05, 0) is 24.3 Å². The lowest BCUT2D eigenvalue weighted by Gasteiger charge is -2.05. The number of oxazole rings is 1. The highest BCUT2D eigenvalue weighted by atomic mass is 16.5. The molecule has 2 aromatic heterocycles. The molecule has 1 N–H and O–H groups in total. The predicted molar refractivity (Wildman–Crippen MR) is 80.2 cm³/mol. The summed E-state index contributed by atoms with van der Waals surface area (Å²) in [4.78, 5) is 20.0. The Morgan fingerprint density at radius 1 is 1.18 bits per heavy atom. The number of carbonyl (C=O) groups excluding carboxylic acids is 1. The average Bonchev–Trinajstić information content (AvgIpc) is 2.97. The van der Waals surface area contributed by atoms with Crippen LogP contribution in [0.5, 0.6) is 5.75 Å². The number of aromatic nitrogens is 2. The van der Waals surface area contributed by atoms with E-state index in [2.05, 4.69) is 15.3 Å². The number of nitrogens with one attached hydrogen (secondary N) is 1. The first-order chi connectivity index (χ1) is 10.8. The Morgan fingerprint density at radius 2 is 2.05 bits per heavy atom. The van der Waals surface area contributed by atoms with Gasteiger partial charge in [0.05, 0.1) is 19.6 Å². The van der Waals surface area contributed by atoms with Gasteiger partial charge in [-0.25, -0.2) is 4.98 Å². The Kier molecular flexibility index (Phi) is 4.29. The van der Waals surface area contributed by atoms with E-state index < -0.39 is 0 Å². The van der Waals surface area contributed by atoms with Gasteiger partial charge in [-0.1, -0.05) is 18.2 Å². The van der Waals surface area contributed by atoms with Gasteiger partial charge in [-0.15, -0.1) is 0 Å². The Morgan fingerprint density at radius 3 is 2.86 bits per heavy atom. The summed E-state index contributed by atoms with van der Waals surface area (Å²) in [5.74, 6) is 1.07. The van der Waals surface area contributed by atoms with Gasteiger partial charge in [-0.3, -0.25) is 4.79 Å². The van der Waals surface area contributed by atoms with Gasteiger partial charge >= 0.3 is 0 Å². The molecule has 0 saturated carbocycles. The first kappa shape index (κ1) is 14.1. The number of para-hydroxylation sites is 1. The van der Waals surface area contributed by atoms with Crippen molar-refractivity contribution in [2.24, 2.45) is 0 Å². The minimum Gasteiger partial charge on any atom is -0.493 e. The molecule has 3 rings (SSSR count). The Hall–Kier alpha value is -2.89. The molecule has 0 fully saturated rings. The Balaban J connectivity index is 1.44. The molecule has 0 aliphatic heterocycles. The molecule has 0 radical (unpaired) electrons. The number of pyridine rings is 1. The molecular weight excluding hydrogens is 282 g/mol. The molecule has 0 atom stereocenters. The second-order valence-corrected chi connectivity index (χ2v) is 4.62. The first-order valence-corrected chi connectivity index (χ1v) is 6.96. The highest BCUT2D eigenvalue weighted by molar-refractivity contribution is 5.76. The Labute approximate surface area is 127 Å². The van der Waals surface area contributed by atoms with E-state index in [4.69, 9.17) is 9.15 Å². The maximum absolute atomic E-state index is 11.7. The summed E-state index contributed by atoms with van der Waals surface area (Å²) < 4.78 is 10.9. The van der Waals surface area contributed by atoms with E-state index >= 15 is 0 Å². The van der Waals surface area contributed by atoms with Crippen molar-refractivity contribution in [2.45, 2.75) is 13.0 Å². The zero-order valence-corrected chi connectivity index (χ0v) is 11.9. The van der Waals surface area contributed by atoms with Crippen LogP contribution < -0.4 is 10.1 Å². The summed E-state index contributed by atoms with van der Waals surface area (Å²) in [6.07, 6.45) is 1.92. The molecule has 2 heterocycles. The van der Waals surface area contributed by atoms with E-state index in [0.29, 0.717) is 23.7 Å². The van der Waals surface area contributed by atoms with Crippen LogP contribution in [0.2, 0.25) is 0 Å². The average molecular weight is 297 g/mol. The lowest BCUT2D eigenvalue weighted by molar-refractivity contribution is -0.121. The molecule has 22 heavy (non-hydrogen) atoms. The number of ether oxygens (including phenoxy) is 1. The number of carbonyl (C=O) groups is 1.